The molecule has 5 nitrogen and oxygen atoms in total. The molecule has 7 heteroatoms. The van der Waals surface area contributed by atoms with Crippen molar-refractivity contribution in [3.05, 3.63) is 65.2 Å². The Morgan fingerprint density at radius 3 is 2.30 bits per heavy atom. The third kappa shape index (κ3) is 4.79. The quantitative estimate of drug-likeness (QED) is 0.809. The Bertz CT molecular complexity index is 760. The molecule has 0 fully saturated rings. The predicted octanol–water partition coefficient (Wildman–Crippen LogP) is 2.40. The van der Waals surface area contributed by atoms with E-state index in [9.17, 15) is 13.2 Å². The maximum absolute atomic E-state index is 12.4. The van der Waals surface area contributed by atoms with Gasteiger partial charge >= 0.3 is 5.97 Å². The monoisotopic (exact) mass is 353 g/mol. The van der Waals surface area contributed by atoms with Crippen molar-refractivity contribution in [3.63, 3.8) is 0 Å². The van der Waals surface area contributed by atoms with Gasteiger partial charge in [0.15, 0.2) is 0 Å². The fraction of sp³-hybridized carbons (Fsp3) is 0.188. The van der Waals surface area contributed by atoms with Gasteiger partial charge in [0.1, 0.15) is 6.04 Å². The number of carbonyl (C=O) groups is 1. The summed E-state index contributed by atoms with van der Waals surface area (Å²) in [5, 5.41) is 0.428. The summed E-state index contributed by atoms with van der Waals surface area (Å²) in [6.45, 7) is 0. The zero-order chi connectivity index (χ0) is 16.9. The Kier molecular flexibility index (Phi) is 5.76. The topological polar surface area (TPSA) is 72.5 Å². The molecule has 0 bridgehead atoms. The molecule has 0 aliphatic carbocycles. The zero-order valence-electron chi connectivity index (χ0n) is 12.4. The normalized spacial score (nSPS) is 12.6. The van der Waals surface area contributed by atoms with E-state index in [1.54, 1.807) is 0 Å². The lowest BCUT2D eigenvalue weighted by molar-refractivity contribution is -0.142. The van der Waals surface area contributed by atoms with Gasteiger partial charge in [-0.3, -0.25) is 4.79 Å². The van der Waals surface area contributed by atoms with Crippen LogP contribution in [0.1, 0.15) is 5.56 Å². The number of ether oxygens (including phenoxy) is 1. The highest BCUT2D eigenvalue weighted by atomic mass is 35.5. The van der Waals surface area contributed by atoms with Crippen LogP contribution in [0.3, 0.4) is 0 Å². The van der Waals surface area contributed by atoms with Crippen LogP contribution in [0.15, 0.2) is 59.5 Å². The molecule has 0 amide bonds. The van der Waals surface area contributed by atoms with Crippen LogP contribution in [-0.4, -0.2) is 27.5 Å². The van der Waals surface area contributed by atoms with Crippen molar-refractivity contribution in [1.82, 2.24) is 4.72 Å². The number of esters is 1. The van der Waals surface area contributed by atoms with Gasteiger partial charge < -0.3 is 4.74 Å². The molecule has 1 atom stereocenters. The molecule has 1 N–H and O–H groups in total. The molecule has 0 saturated carbocycles. The van der Waals surface area contributed by atoms with Crippen LogP contribution in [0.5, 0.6) is 0 Å². The second-order valence-corrected chi connectivity index (χ2v) is 6.99. The summed E-state index contributed by atoms with van der Waals surface area (Å²) < 4.78 is 31.9. The lowest BCUT2D eigenvalue weighted by Crippen LogP contribution is -2.42. The second kappa shape index (κ2) is 7.59. The zero-order valence-corrected chi connectivity index (χ0v) is 14.0. The number of halogens is 1. The van der Waals surface area contributed by atoms with Gasteiger partial charge in [-0.05, 0) is 36.2 Å². The average molecular weight is 354 g/mol. The largest absolute Gasteiger partial charge is 0.468 e. The molecule has 0 radical (unpaired) electrons. The third-order valence-electron chi connectivity index (χ3n) is 3.19. The number of rotatable bonds is 6. The minimum absolute atomic E-state index is 0.0314. The van der Waals surface area contributed by atoms with Crippen LogP contribution >= 0.6 is 11.6 Å². The summed E-state index contributed by atoms with van der Waals surface area (Å²) in [6, 6.07) is 13.8. The minimum atomic E-state index is -3.86. The number of methoxy groups -OCH3 is 1. The van der Waals surface area contributed by atoms with Crippen molar-refractivity contribution in [1.29, 1.82) is 0 Å². The van der Waals surface area contributed by atoms with Crippen LogP contribution in [0.2, 0.25) is 5.02 Å². The summed E-state index contributed by atoms with van der Waals surface area (Å²) in [4.78, 5) is 11.9. The first-order valence-corrected chi connectivity index (χ1v) is 8.68. The van der Waals surface area contributed by atoms with Crippen molar-refractivity contribution >= 4 is 27.6 Å². The van der Waals surface area contributed by atoms with E-state index in [0.717, 1.165) is 5.56 Å². The molecule has 23 heavy (non-hydrogen) atoms. The fourth-order valence-electron chi connectivity index (χ4n) is 2.03. The van der Waals surface area contributed by atoms with E-state index in [-0.39, 0.29) is 11.3 Å². The highest BCUT2D eigenvalue weighted by molar-refractivity contribution is 7.89. The predicted molar refractivity (Wildman–Crippen MR) is 87.7 cm³/mol. The van der Waals surface area contributed by atoms with Crippen LogP contribution in [0.4, 0.5) is 0 Å². The van der Waals surface area contributed by atoms with Crippen molar-refractivity contribution in [3.8, 4) is 0 Å². The number of benzene rings is 2. The number of nitrogens with one attached hydrogen (secondary N) is 1. The highest BCUT2D eigenvalue weighted by Crippen LogP contribution is 2.15. The van der Waals surface area contributed by atoms with Gasteiger partial charge in [-0.1, -0.05) is 41.9 Å². The molecule has 2 aromatic carbocycles. The summed E-state index contributed by atoms with van der Waals surface area (Å²) in [7, 11) is -2.64. The number of carbonyl (C=O) groups excluding carboxylic acids is 1. The van der Waals surface area contributed by atoms with Crippen LogP contribution in [0.25, 0.3) is 0 Å². The maximum Gasteiger partial charge on any atom is 0.324 e. The summed E-state index contributed by atoms with van der Waals surface area (Å²) in [5.41, 5.74) is 0.821. The van der Waals surface area contributed by atoms with Gasteiger partial charge in [0, 0.05) is 5.02 Å². The Hall–Kier alpha value is -1.89. The SMILES string of the molecule is COC(=O)C(Cc1ccccc1)NS(=O)(=O)c1ccc(Cl)cc1. The molecule has 0 spiro atoms. The van der Waals surface area contributed by atoms with E-state index < -0.39 is 22.0 Å². The van der Waals surface area contributed by atoms with E-state index >= 15 is 0 Å². The number of hydrogen-bond acceptors (Lipinski definition) is 4. The molecular formula is C16H16ClNO4S. The first-order chi connectivity index (χ1) is 10.9. The Morgan fingerprint density at radius 2 is 1.74 bits per heavy atom. The third-order valence-corrected chi connectivity index (χ3v) is 4.93. The smallest absolute Gasteiger partial charge is 0.324 e. The van der Waals surface area contributed by atoms with Crippen molar-refractivity contribution in [2.45, 2.75) is 17.4 Å². The summed E-state index contributed by atoms with van der Waals surface area (Å²) >= 11 is 5.76. The molecule has 0 heterocycles. The second-order valence-electron chi connectivity index (χ2n) is 4.84. The number of sulfonamides is 1. The van der Waals surface area contributed by atoms with Crippen LogP contribution in [-0.2, 0) is 26.0 Å². The first-order valence-electron chi connectivity index (χ1n) is 6.82. The van der Waals surface area contributed by atoms with E-state index in [4.69, 9.17) is 16.3 Å². The average Bonchev–Trinajstić information content (AvgIpc) is 2.54. The Morgan fingerprint density at radius 1 is 1.13 bits per heavy atom. The van der Waals surface area contributed by atoms with Gasteiger partial charge in [0.2, 0.25) is 10.0 Å². The molecular weight excluding hydrogens is 338 g/mol. The maximum atomic E-state index is 12.4. The molecule has 0 aromatic heterocycles. The number of hydrogen-bond donors (Lipinski definition) is 1. The van der Waals surface area contributed by atoms with E-state index in [0.29, 0.717) is 5.02 Å². The molecule has 2 aromatic rings. The van der Waals surface area contributed by atoms with E-state index in [1.165, 1.54) is 31.4 Å². The molecule has 2 rings (SSSR count). The minimum Gasteiger partial charge on any atom is -0.468 e. The van der Waals surface area contributed by atoms with Gasteiger partial charge in [-0.15, -0.1) is 0 Å². The highest BCUT2D eigenvalue weighted by Gasteiger charge is 2.26. The summed E-state index contributed by atoms with van der Waals surface area (Å²) in [6.07, 6.45) is 0.195. The fourth-order valence-corrected chi connectivity index (χ4v) is 3.34. The van der Waals surface area contributed by atoms with Crippen molar-refractivity contribution < 1.29 is 17.9 Å². The van der Waals surface area contributed by atoms with Gasteiger partial charge in [0.25, 0.3) is 0 Å². The van der Waals surface area contributed by atoms with Gasteiger partial charge in [0.05, 0.1) is 12.0 Å². The van der Waals surface area contributed by atoms with Crippen molar-refractivity contribution in [2.24, 2.45) is 0 Å². The molecule has 122 valence electrons. The Balaban J connectivity index is 2.23. The standard InChI is InChI=1S/C16H16ClNO4S/c1-22-16(19)15(11-12-5-3-2-4-6-12)18-23(20,21)14-9-7-13(17)8-10-14/h2-10,15,18H,11H2,1H3. The molecule has 0 aliphatic heterocycles. The van der Waals surface area contributed by atoms with Gasteiger partial charge in [-0.25, -0.2) is 8.42 Å². The Labute approximate surface area is 140 Å². The summed E-state index contributed by atoms with van der Waals surface area (Å²) in [5.74, 6) is -0.647. The van der Waals surface area contributed by atoms with Gasteiger partial charge in [-0.2, -0.15) is 4.72 Å². The molecule has 1 unspecified atom stereocenters. The lowest BCUT2D eigenvalue weighted by atomic mass is 10.1. The molecule has 0 aliphatic rings. The van der Waals surface area contributed by atoms with Crippen LogP contribution < -0.4 is 4.72 Å². The van der Waals surface area contributed by atoms with Crippen molar-refractivity contribution in [2.75, 3.05) is 7.11 Å². The van der Waals surface area contributed by atoms with E-state index in [1.807, 2.05) is 30.3 Å². The van der Waals surface area contributed by atoms with E-state index in [2.05, 4.69) is 4.72 Å². The molecule has 0 saturated heterocycles. The first kappa shape index (κ1) is 17.5. The lowest BCUT2D eigenvalue weighted by Gasteiger charge is -2.17. The van der Waals surface area contributed by atoms with Crippen LogP contribution in [0, 0.1) is 0 Å².